The van der Waals surface area contributed by atoms with Gasteiger partial charge in [0.15, 0.2) is 0 Å². The van der Waals surface area contributed by atoms with E-state index in [0.29, 0.717) is 23.5 Å². The summed E-state index contributed by atoms with van der Waals surface area (Å²) in [7, 11) is -2.18. The molecule has 3 atom stereocenters. The van der Waals surface area contributed by atoms with Gasteiger partial charge in [0.2, 0.25) is 0 Å². The largest absolute Gasteiger partial charge is 0.497 e. The molecule has 1 saturated carbocycles. The molecule has 1 fully saturated rings. The SMILES string of the molecule is COc1ccc(S(=O)(=O)OC2CC(C)CCC2C(C)C)cc1. The highest BCUT2D eigenvalue weighted by molar-refractivity contribution is 7.86. The normalized spacial score (nSPS) is 26.1. The highest BCUT2D eigenvalue weighted by Gasteiger charge is 2.35. The van der Waals surface area contributed by atoms with Crippen molar-refractivity contribution in [3.05, 3.63) is 24.3 Å². The van der Waals surface area contributed by atoms with Gasteiger partial charge < -0.3 is 4.74 Å². The monoisotopic (exact) mass is 326 g/mol. The lowest BCUT2D eigenvalue weighted by Gasteiger charge is -2.36. The first-order chi connectivity index (χ1) is 10.3. The first-order valence-electron chi connectivity index (χ1n) is 7.91. The van der Waals surface area contributed by atoms with Crippen LogP contribution in [0.2, 0.25) is 0 Å². The number of hydrogen-bond donors (Lipinski definition) is 0. The minimum atomic E-state index is -3.73. The summed E-state index contributed by atoms with van der Waals surface area (Å²) in [6.45, 7) is 6.43. The Kier molecular flexibility index (Phi) is 5.50. The fraction of sp³-hybridized carbons (Fsp3) is 0.647. The van der Waals surface area contributed by atoms with Crippen molar-refractivity contribution >= 4 is 10.1 Å². The molecule has 0 heterocycles. The van der Waals surface area contributed by atoms with E-state index >= 15 is 0 Å². The van der Waals surface area contributed by atoms with Gasteiger partial charge in [0.1, 0.15) is 5.75 Å². The van der Waals surface area contributed by atoms with Gasteiger partial charge in [-0.3, -0.25) is 4.18 Å². The number of hydrogen-bond acceptors (Lipinski definition) is 4. The lowest BCUT2D eigenvalue weighted by atomic mass is 9.75. The molecule has 1 aliphatic carbocycles. The summed E-state index contributed by atoms with van der Waals surface area (Å²) < 4.78 is 35.7. The third-order valence-corrected chi connectivity index (χ3v) is 5.91. The lowest BCUT2D eigenvalue weighted by molar-refractivity contribution is 0.0511. The molecule has 0 spiro atoms. The van der Waals surface area contributed by atoms with Crippen LogP contribution in [0.3, 0.4) is 0 Å². The van der Waals surface area contributed by atoms with Crippen LogP contribution in [-0.4, -0.2) is 21.6 Å². The van der Waals surface area contributed by atoms with E-state index < -0.39 is 10.1 Å². The van der Waals surface area contributed by atoms with Crippen LogP contribution in [0.1, 0.15) is 40.0 Å². The molecule has 1 aliphatic rings. The second-order valence-electron chi connectivity index (χ2n) is 6.59. The predicted molar refractivity (Wildman–Crippen MR) is 86.4 cm³/mol. The van der Waals surface area contributed by atoms with E-state index in [9.17, 15) is 8.42 Å². The Morgan fingerprint density at radius 1 is 1.14 bits per heavy atom. The molecule has 0 N–H and O–H groups in total. The fourth-order valence-corrected chi connectivity index (χ4v) is 4.31. The van der Waals surface area contributed by atoms with E-state index in [4.69, 9.17) is 8.92 Å². The van der Waals surface area contributed by atoms with E-state index in [1.807, 2.05) is 0 Å². The molecule has 0 aliphatic heterocycles. The topological polar surface area (TPSA) is 52.6 Å². The van der Waals surface area contributed by atoms with Crippen molar-refractivity contribution in [2.75, 3.05) is 7.11 Å². The molecule has 22 heavy (non-hydrogen) atoms. The van der Waals surface area contributed by atoms with Gasteiger partial charge >= 0.3 is 0 Å². The summed E-state index contributed by atoms with van der Waals surface area (Å²) in [5.74, 6) is 1.85. The number of rotatable bonds is 5. The van der Waals surface area contributed by atoms with Crippen molar-refractivity contribution in [2.24, 2.45) is 17.8 Å². The highest BCUT2D eigenvalue weighted by Crippen LogP contribution is 2.37. The van der Waals surface area contributed by atoms with Crippen LogP contribution in [0.15, 0.2) is 29.2 Å². The summed E-state index contributed by atoms with van der Waals surface area (Å²) in [5.41, 5.74) is 0. The Hall–Kier alpha value is -1.07. The van der Waals surface area contributed by atoms with Gasteiger partial charge in [-0.2, -0.15) is 8.42 Å². The van der Waals surface area contributed by atoms with Crippen LogP contribution in [0.5, 0.6) is 5.75 Å². The van der Waals surface area contributed by atoms with Crippen LogP contribution in [0.4, 0.5) is 0 Å². The van der Waals surface area contributed by atoms with Crippen LogP contribution in [0.25, 0.3) is 0 Å². The van der Waals surface area contributed by atoms with Crippen molar-refractivity contribution in [3.63, 3.8) is 0 Å². The van der Waals surface area contributed by atoms with Crippen molar-refractivity contribution in [1.29, 1.82) is 0 Å². The Morgan fingerprint density at radius 3 is 2.32 bits per heavy atom. The Morgan fingerprint density at radius 2 is 1.77 bits per heavy atom. The minimum Gasteiger partial charge on any atom is -0.497 e. The van der Waals surface area contributed by atoms with Gasteiger partial charge in [0.25, 0.3) is 10.1 Å². The van der Waals surface area contributed by atoms with Gasteiger partial charge in [0.05, 0.1) is 18.1 Å². The van der Waals surface area contributed by atoms with Crippen molar-refractivity contribution in [2.45, 2.75) is 51.0 Å². The molecule has 0 aromatic heterocycles. The second kappa shape index (κ2) is 7.01. The molecule has 4 nitrogen and oxygen atoms in total. The van der Waals surface area contributed by atoms with Gasteiger partial charge in [-0.1, -0.05) is 27.2 Å². The maximum Gasteiger partial charge on any atom is 0.297 e. The Balaban J connectivity index is 2.17. The average molecular weight is 326 g/mol. The van der Waals surface area contributed by atoms with E-state index in [1.165, 1.54) is 12.1 Å². The quantitative estimate of drug-likeness (QED) is 0.771. The molecular weight excluding hydrogens is 300 g/mol. The van der Waals surface area contributed by atoms with Crippen molar-refractivity contribution < 1.29 is 17.3 Å². The fourth-order valence-electron chi connectivity index (χ4n) is 3.19. The molecule has 0 amide bonds. The number of ether oxygens (including phenoxy) is 1. The third-order valence-electron chi connectivity index (χ3n) is 4.56. The zero-order valence-corrected chi connectivity index (χ0v) is 14.6. The van der Waals surface area contributed by atoms with E-state index in [2.05, 4.69) is 20.8 Å². The van der Waals surface area contributed by atoms with Gasteiger partial charge in [0, 0.05) is 0 Å². The summed E-state index contributed by atoms with van der Waals surface area (Å²) in [5, 5.41) is 0. The zero-order valence-electron chi connectivity index (χ0n) is 13.8. The van der Waals surface area contributed by atoms with Gasteiger partial charge in [-0.15, -0.1) is 0 Å². The first-order valence-corrected chi connectivity index (χ1v) is 9.31. The lowest BCUT2D eigenvalue weighted by Crippen LogP contribution is -2.35. The molecule has 5 heteroatoms. The average Bonchev–Trinajstić information content (AvgIpc) is 2.46. The van der Waals surface area contributed by atoms with E-state index in [-0.39, 0.29) is 11.0 Å². The number of benzene rings is 1. The van der Waals surface area contributed by atoms with Crippen LogP contribution in [0, 0.1) is 17.8 Å². The molecule has 2 rings (SSSR count). The molecule has 0 bridgehead atoms. The summed E-state index contributed by atoms with van der Waals surface area (Å²) in [6, 6.07) is 6.34. The molecule has 3 unspecified atom stereocenters. The van der Waals surface area contributed by atoms with Gasteiger partial charge in [-0.05, 0) is 54.9 Å². The predicted octanol–water partition coefficient (Wildman–Crippen LogP) is 3.86. The zero-order chi connectivity index (χ0) is 16.3. The number of methoxy groups -OCH3 is 1. The second-order valence-corrected chi connectivity index (χ2v) is 8.16. The molecule has 1 aromatic carbocycles. The maximum absolute atomic E-state index is 12.5. The Bertz CT molecular complexity index is 577. The molecule has 124 valence electrons. The van der Waals surface area contributed by atoms with Crippen molar-refractivity contribution in [1.82, 2.24) is 0 Å². The minimum absolute atomic E-state index is 0.189. The van der Waals surface area contributed by atoms with Gasteiger partial charge in [-0.25, -0.2) is 0 Å². The highest BCUT2D eigenvalue weighted by atomic mass is 32.2. The summed E-state index contributed by atoms with van der Waals surface area (Å²) in [4.78, 5) is 0.189. The summed E-state index contributed by atoms with van der Waals surface area (Å²) >= 11 is 0. The van der Waals surface area contributed by atoms with Crippen LogP contribution >= 0.6 is 0 Å². The molecule has 0 radical (unpaired) electrons. The Labute approximate surface area is 134 Å². The third kappa shape index (κ3) is 4.02. The maximum atomic E-state index is 12.5. The van der Waals surface area contributed by atoms with E-state index in [0.717, 1.165) is 19.3 Å². The first kappa shape index (κ1) is 17.3. The van der Waals surface area contributed by atoms with E-state index in [1.54, 1.807) is 19.2 Å². The van der Waals surface area contributed by atoms with Crippen LogP contribution < -0.4 is 4.74 Å². The van der Waals surface area contributed by atoms with Crippen LogP contribution in [-0.2, 0) is 14.3 Å². The molecular formula is C17H26O4S. The standard InChI is InChI=1S/C17H26O4S/c1-12(2)16-10-5-13(3)11-17(16)21-22(18,19)15-8-6-14(20-4)7-9-15/h6-9,12-13,16-17H,5,10-11H2,1-4H3. The smallest absolute Gasteiger partial charge is 0.297 e. The van der Waals surface area contributed by atoms with Crippen molar-refractivity contribution in [3.8, 4) is 5.75 Å². The molecule has 1 aromatic rings. The molecule has 0 saturated heterocycles. The summed E-state index contributed by atoms with van der Waals surface area (Å²) in [6.07, 6.45) is 2.75.